The van der Waals surface area contributed by atoms with Crippen LogP contribution in [0.25, 0.3) is 33.4 Å². The quantitative estimate of drug-likeness (QED) is 0.193. The highest BCUT2D eigenvalue weighted by atomic mass is 35.5. The van der Waals surface area contributed by atoms with Crippen molar-refractivity contribution in [1.82, 2.24) is 24.4 Å². The number of likely N-dealkylation sites (tertiary alicyclic amines) is 1. The van der Waals surface area contributed by atoms with Gasteiger partial charge in [0.25, 0.3) is 5.84 Å². The fourth-order valence-electron chi connectivity index (χ4n) is 6.57. The van der Waals surface area contributed by atoms with Crippen LogP contribution in [0.2, 0.25) is 0 Å². The van der Waals surface area contributed by atoms with Crippen molar-refractivity contribution in [1.29, 1.82) is 0 Å². The topological polar surface area (TPSA) is 80.2 Å². The molecule has 1 fully saturated rings. The number of allylic oxidation sites excluding steroid dienone is 1. The Kier molecular flexibility index (Phi) is 7.21. The number of amidine groups is 1. The van der Waals surface area contributed by atoms with Crippen LogP contribution in [0, 0.1) is 0 Å². The molecule has 0 unspecified atom stereocenters. The van der Waals surface area contributed by atoms with E-state index >= 15 is 0 Å². The molecule has 0 aliphatic carbocycles. The summed E-state index contributed by atoms with van der Waals surface area (Å²) in [5.41, 5.74) is 6.78. The fraction of sp³-hybridized carbons (Fsp3) is 0.200. The lowest BCUT2D eigenvalue weighted by Crippen LogP contribution is -2.42. The molecular weight excluding hydrogens is 597 g/mol. The molecule has 46 heavy (non-hydrogen) atoms. The number of carbonyl (C=O) groups is 1. The molecule has 9 nitrogen and oxygen atoms in total. The number of ether oxygens (including phenoxy) is 1. The molecule has 0 saturated carbocycles. The summed E-state index contributed by atoms with van der Waals surface area (Å²) in [6.45, 7) is 2.08. The lowest BCUT2D eigenvalue weighted by atomic mass is 9.92. The number of hydrogen-bond donors (Lipinski definition) is 1. The number of aromatic nitrogens is 4. The van der Waals surface area contributed by atoms with Gasteiger partial charge in [0.05, 0.1) is 26.4 Å². The number of hydrogen-bond acceptors (Lipinski definition) is 5. The summed E-state index contributed by atoms with van der Waals surface area (Å²) in [5, 5.41) is 14.2. The Labute approximate surface area is 272 Å². The van der Waals surface area contributed by atoms with Crippen molar-refractivity contribution in [2.75, 3.05) is 31.4 Å². The third kappa shape index (κ3) is 4.99. The Bertz CT molecular complexity index is 2090. The second-order valence-electron chi connectivity index (χ2n) is 11.7. The largest absolute Gasteiger partial charge is 0.553 e. The predicted octanol–water partition coefficient (Wildman–Crippen LogP) is 5.70. The number of nitrogens with one attached hydrogen (secondary N) is 1. The average molecular weight is 628 g/mol. The molecule has 3 aliphatic heterocycles. The van der Waals surface area contributed by atoms with Gasteiger partial charge in [-0.25, -0.2) is 4.68 Å². The third-order valence-electron chi connectivity index (χ3n) is 8.87. The van der Waals surface area contributed by atoms with Crippen LogP contribution in [0.5, 0.6) is 5.75 Å². The molecule has 8 rings (SSSR count). The van der Waals surface area contributed by atoms with Crippen molar-refractivity contribution in [3.05, 3.63) is 108 Å². The Balaban J connectivity index is 1.19. The summed E-state index contributed by atoms with van der Waals surface area (Å²) in [4.78, 5) is 14.4. The highest BCUT2D eigenvalue weighted by Crippen LogP contribution is 2.36. The van der Waals surface area contributed by atoms with Crippen molar-refractivity contribution in [3.8, 4) is 22.8 Å². The first kappa shape index (κ1) is 28.4. The van der Waals surface area contributed by atoms with Gasteiger partial charge in [-0.15, -0.1) is 16.7 Å². The normalized spacial score (nSPS) is 15.7. The first-order valence-electron chi connectivity index (χ1n) is 15.5. The molecule has 0 bridgehead atoms. The summed E-state index contributed by atoms with van der Waals surface area (Å²) < 4.78 is 11.7. The summed E-state index contributed by atoms with van der Waals surface area (Å²) in [6, 6.07) is 24.5. The van der Waals surface area contributed by atoms with Crippen LogP contribution in [-0.4, -0.2) is 74.2 Å². The molecular formula is C35H31BClN7O2+. The van der Waals surface area contributed by atoms with E-state index < -0.39 is 0 Å². The minimum atomic E-state index is -0.232. The van der Waals surface area contributed by atoms with Gasteiger partial charge in [-0.05, 0) is 84.1 Å². The molecule has 3 aliphatic rings. The number of piperidine rings is 1. The molecule has 11 heteroatoms. The summed E-state index contributed by atoms with van der Waals surface area (Å²) in [7, 11) is 3.84. The van der Waals surface area contributed by atoms with E-state index in [1.165, 1.54) is 25.1 Å². The number of nitrogens with zero attached hydrogens (tertiary/aromatic N) is 6. The van der Waals surface area contributed by atoms with Crippen LogP contribution in [0.15, 0.2) is 96.8 Å². The summed E-state index contributed by atoms with van der Waals surface area (Å²) in [5.74, 6) is 2.57. The molecule has 0 atom stereocenters. The van der Waals surface area contributed by atoms with Crippen LogP contribution in [-0.2, 0) is 4.79 Å². The van der Waals surface area contributed by atoms with Crippen LogP contribution in [0.4, 0.5) is 5.69 Å². The first-order chi connectivity index (χ1) is 22.6. The van der Waals surface area contributed by atoms with E-state index in [1.54, 1.807) is 7.11 Å². The van der Waals surface area contributed by atoms with Crippen LogP contribution in [0.1, 0.15) is 30.5 Å². The standard InChI is InChI=1S/C35H31BClN7O2/c1-46-28-12-9-24-19-26(6-5-25(24)20-28)29-22-42(40-39-29)34-16-14-31-35(23-7-10-27(11-8-23)38-32(45)21-37)30-13-15-33(43(30)36-44(31)34)41-17-3-2-4-18-41/h5-16,19-20,22H,2-4,17-18,21H2,1H3,(H,38,45)/q+1. The number of amides is 1. The van der Waals surface area contributed by atoms with Gasteiger partial charge in [-0.2, -0.15) is 0 Å². The monoisotopic (exact) mass is 627 g/mol. The fourth-order valence-corrected chi connectivity index (χ4v) is 6.63. The zero-order chi connectivity index (χ0) is 31.2. The van der Waals surface area contributed by atoms with Gasteiger partial charge in [0.15, 0.2) is 0 Å². The van der Waals surface area contributed by atoms with Crippen molar-refractivity contribution in [2.24, 2.45) is 0 Å². The van der Waals surface area contributed by atoms with E-state index in [0.29, 0.717) is 5.69 Å². The molecule has 0 spiro atoms. The number of alkyl halides is 1. The zero-order valence-electron chi connectivity index (χ0n) is 25.4. The predicted molar refractivity (Wildman–Crippen MR) is 182 cm³/mol. The van der Waals surface area contributed by atoms with Crippen LogP contribution in [0.3, 0.4) is 0 Å². The van der Waals surface area contributed by atoms with E-state index in [9.17, 15) is 4.79 Å². The SMILES string of the molecule is COc1ccc2cc(-c3cn(-c4ccc5n4[B][N+]4=C(N6CCCCC6)C=CC4=C5c4ccc(NC(=O)CCl)cc4)nn3)ccc2c1. The van der Waals surface area contributed by atoms with Gasteiger partial charge < -0.3 is 14.5 Å². The molecule has 2 aromatic heterocycles. The Morgan fingerprint density at radius 1 is 0.957 bits per heavy atom. The molecule has 1 N–H and O–H groups in total. The van der Waals surface area contributed by atoms with E-state index in [0.717, 1.165) is 69.2 Å². The van der Waals surface area contributed by atoms with Crippen molar-refractivity contribution in [3.63, 3.8) is 0 Å². The van der Waals surface area contributed by atoms with Gasteiger partial charge in [0.2, 0.25) is 5.91 Å². The molecule has 1 radical (unpaired) electrons. The molecule has 3 aromatic carbocycles. The number of anilines is 1. The van der Waals surface area contributed by atoms with Gasteiger partial charge in [0.1, 0.15) is 28.8 Å². The first-order valence-corrected chi connectivity index (χ1v) is 16.0. The smallest absolute Gasteiger partial charge is 0.497 e. The molecule has 5 heterocycles. The average Bonchev–Trinajstić information content (AvgIpc) is 3.86. The Hall–Kier alpha value is -5.09. The second kappa shape index (κ2) is 11.7. The second-order valence-corrected chi connectivity index (χ2v) is 11.9. The van der Waals surface area contributed by atoms with Crippen molar-refractivity contribution in [2.45, 2.75) is 19.3 Å². The number of rotatable bonds is 6. The minimum absolute atomic E-state index is 0.0852. The number of methoxy groups -OCH3 is 1. The Morgan fingerprint density at radius 2 is 1.74 bits per heavy atom. The van der Waals surface area contributed by atoms with E-state index in [4.69, 9.17) is 16.3 Å². The molecule has 1 amide bonds. The van der Waals surface area contributed by atoms with E-state index in [1.807, 2.05) is 47.3 Å². The van der Waals surface area contributed by atoms with Gasteiger partial charge in [0, 0.05) is 28.6 Å². The third-order valence-corrected chi connectivity index (χ3v) is 9.11. The van der Waals surface area contributed by atoms with Crippen molar-refractivity contribution < 1.29 is 14.0 Å². The lowest BCUT2D eigenvalue weighted by molar-refractivity contribution is -0.320. The summed E-state index contributed by atoms with van der Waals surface area (Å²) >= 11 is 5.71. The zero-order valence-corrected chi connectivity index (χ0v) is 26.1. The van der Waals surface area contributed by atoms with E-state index in [-0.39, 0.29) is 11.8 Å². The summed E-state index contributed by atoms with van der Waals surface area (Å²) in [6.07, 6.45) is 10.1. The number of halogens is 1. The number of carbonyl (C=O) groups excluding carboxylic acids is 1. The van der Waals surface area contributed by atoms with Crippen LogP contribution >= 0.6 is 11.6 Å². The highest BCUT2D eigenvalue weighted by Gasteiger charge is 2.37. The molecule has 1 saturated heterocycles. The van der Waals surface area contributed by atoms with Crippen LogP contribution < -0.4 is 10.1 Å². The van der Waals surface area contributed by atoms with Gasteiger partial charge in [-0.1, -0.05) is 35.5 Å². The molecule has 227 valence electrons. The maximum Gasteiger partial charge on any atom is 0.553 e. The number of fused-ring (bicyclic) bond motifs is 3. The minimum Gasteiger partial charge on any atom is -0.497 e. The van der Waals surface area contributed by atoms with Crippen molar-refractivity contribution >= 4 is 52.9 Å². The molecule has 5 aromatic rings. The maximum absolute atomic E-state index is 11.9. The lowest BCUT2D eigenvalue weighted by Gasteiger charge is -2.26. The van der Waals surface area contributed by atoms with Gasteiger partial charge >= 0.3 is 7.55 Å². The highest BCUT2D eigenvalue weighted by molar-refractivity contribution is 6.30. The Morgan fingerprint density at radius 3 is 2.54 bits per heavy atom. The van der Waals surface area contributed by atoms with E-state index in [2.05, 4.69) is 85.6 Å². The maximum atomic E-state index is 11.9. The number of benzene rings is 3. The van der Waals surface area contributed by atoms with Gasteiger partial charge in [-0.3, -0.25) is 14.2 Å².